The number of hydrogen-bond donors (Lipinski definition) is 1. The van der Waals surface area contributed by atoms with Gasteiger partial charge in [0, 0.05) is 23.7 Å². The van der Waals surface area contributed by atoms with E-state index in [1.54, 1.807) is 30.3 Å². The third-order valence-corrected chi connectivity index (χ3v) is 5.53. The molecule has 0 unspecified atom stereocenters. The van der Waals surface area contributed by atoms with Gasteiger partial charge in [-0.05, 0) is 60.2 Å². The third kappa shape index (κ3) is 4.58. The minimum atomic E-state index is -2.92. The van der Waals surface area contributed by atoms with Gasteiger partial charge in [-0.3, -0.25) is 9.50 Å². The Hall–Kier alpha value is -3.28. The van der Waals surface area contributed by atoms with Gasteiger partial charge < -0.3 is 10.1 Å². The molecule has 0 heterocycles. The van der Waals surface area contributed by atoms with Crippen molar-refractivity contribution in [1.82, 2.24) is 0 Å². The maximum Gasteiger partial charge on any atom is 0.270 e. The fourth-order valence-electron chi connectivity index (χ4n) is 3.97. The molecule has 1 amide bonds. The Morgan fingerprint density at radius 2 is 1.71 bits per heavy atom. The Morgan fingerprint density at radius 3 is 2.39 bits per heavy atom. The number of anilines is 1. The summed E-state index contributed by atoms with van der Waals surface area (Å²) < 4.78 is 32.7. The van der Waals surface area contributed by atoms with Crippen molar-refractivity contribution in [3.63, 3.8) is 0 Å². The van der Waals surface area contributed by atoms with Gasteiger partial charge in [-0.2, -0.15) is 0 Å². The fourth-order valence-corrected chi connectivity index (χ4v) is 3.97. The van der Waals surface area contributed by atoms with Crippen LogP contribution in [-0.4, -0.2) is 13.0 Å². The van der Waals surface area contributed by atoms with Crippen LogP contribution in [0.1, 0.15) is 40.4 Å². The first-order valence-corrected chi connectivity index (χ1v) is 9.95. The monoisotopic (exact) mass is 427 g/mol. The molecule has 162 valence electrons. The molecule has 3 nitrogen and oxygen atoms in total. The zero-order valence-electron chi connectivity index (χ0n) is 17.4. The van der Waals surface area contributed by atoms with Crippen LogP contribution in [0.3, 0.4) is 0 Å². The van der Waals surface area contributed by atoms with Crippen LogP contribution in [0, 0.1) is 0 Å². The SMILES string of the molecule is COc1cccc(C(=O)Nc2ccc3c(c2)CCC3)c1-c1ccc(C(C)(F)F)cc1.F. The van der Waals surface area contributed by atoms with Crippen molar-refractivity contribution in [2.24, 2.45) is 0 Å². The Labute approximate surface area is 179 Å². The molecular weight excluding hydrogens is 403 g/mol. The van der Waals surface area contributed by atoms with Crippen molar-refractivity contribution >= 4 is 11.6 Å². The predicted octanol–water partition coefficient (Wildman–Crippen LogP) is 6.37. The van der Waals surface area contributed by atoms with E-state index in [2.05, 4.69) is 11.4 Å². The standard InChI is InChI=1S/C25H23F2NO2.FH/c1-25(26,27)19-12-9-17(10-13-19)23-21(7-4-8-22(23)30-2)24(29)28-20-14-11-16-5-3-6-18(16)15-20;/h4,7-15H,3,5-6H2,1-2H3,(H,28,29);1H. The molecule has 0 bridgehead atoms. The number of halogens is 3. The first kappa shape index (κ1) is 22.4. The number of benzene rings is 3. The molecule has 0 radical (unpaired) electrons. The van der Waals surface area contributed by atoms with Crippen molar-refractivity contribution in [1.29, 1.82) is 0 Å². The molecule has 1 aliphatic carbocycles. The summed E-state index contributed by atoms with van der Waals surface area (Å²) >= 11 is 0. The van der Waals surface area contributed by atoms with E-state index in [1.807, 2.05) is 12.1 Å². The lowest BCUT2D eigenvalue weighted by molar-refractivity contribution is 0.0175. The molecule has 0 saturated carbocycles. The predicted molar refractivity (Wildman–Crippen MR) is 117 cm³/mol. The maximum absolute atomic E-state index is 13.6. The molecule has 3 aromatic rings. The van der Waals surface area contributed by atoms with Crippen LogP contribution >= 0.6 is 0 Å². The maximum atomic E-state index is 13.6. The lowest BCUT2D eigenvalue weighted by Crippen LogP contribution is -2.14. The van der Waals surface area contributed by atoms with Gasteiger partial charge in [-0.1, -0.05) is 36.4 Å². The van der Waals surface area contributed by atoms with E-state index in [0.717, 1.165) is 31.9 Å². The van der Waals surface area contributed by atoms with E-state index in [0.29, 0.717) is 22.4 Å². The van der Waals surface area contributed by atoms with Gasteiger partial charge in [0.25, 0.3) is 11.8 Å². The lowest BCUT2D eigenvalue weighted by atomic mass is 9.96. The highest BCUT2D eigenvalue weighted by atomic mass is 19.3. The first-order chi connectivity index (χ1) is 14.4. The van der Waals surface area contributed by atoms with E-state index in [1.165, 1.54) is 30.4 Å². The smallest absolute Gasteiger partial charge is 0.270 e. The summed E-state index contributed by atoms with van der Waals surface area (Å²) in [6.07, 6.45) is 3.24. The van der Waals surface area contributed by atoms with Crippen LogP contribution in [0.2, 0.25) is 0 Å². The average molecular weight is 427 g/mol. The van der Waals surface area contributed by atoms with E-state index >= 15 is 0 Å². The van der Waals surface area contributed by atoms with Gasteiger partial charge in [-0.15, -0.1) is 0 Å². The number of carbonyl (C=O) groups is 1. The van der Waals surface area contributed by atoms with Crippen molar-refractivity contribution in [2.45, 2.75) is 32.1 Å². The summed E-state index contributed by atoms with van der Waals surface area (Å²) in [4.78, 5) is 13.1. The molecule has 4 rings (SSSR count). The first-order valence-electron chi connectivity index (χ1n) is 9.95. The molecule has 6 heteroatoms. The Bertz CT molecular complexity index is 1090. The van der Waals surface area contributed by atoms with Crippen LogP contribution in [0.25, 0.3) is 11.1 Å². The highest BCUT2D eigenvalue weighted by Crippen LogP contribution is 2.36. The number of ether oxygens (including phenoxy) is 1. The van der Waals surface area contributed by atoms with Gasteiger partial charge in [0.2, 0.25) is 0 Å². The summed E-state index contributed by atoms with van der Waals surface area (Å²) in [7, 11) is 1.52. The number of amides is 1. The average Bonchev–Trinajstić information content (AvgIpc) is 3.20. The molecular formula is C25H24F3NO2. The van der Waals surface area contributed by atoms with Gasteiger partial charge in [0.05, 0.1) is 12.7 Å². The number of nitrogens with one attached hydrogen (secondary N) is 1. The quantitative estimate of drug-likeness (QED) is 0.514. The molecule has 0 fully saturated rings. The van der Waals surface area contributed by atoms with E-state index in [4.69, 9.17) is 4.74 Å². The topological polar surface area (TPSA) is 38.3 Å². The number of hydrogen-bond acceptors (Lipinski definition) is 2. The summed E-state index contributed by atoms with van der Waals surface area (Å²) in [5.41, 5.74) is 4.91. The number of methoxy groups -OCH3 is 1. The summed E-state index contributed by atoms with van der Waals surface area (Å²) in [5.74, 6) is -2.69. The zero-order chi connectivity index (χ0) is 21.3. The van der Waals surface area contributed by atoms with Crippen LogP contribution in [0.5, 0.6) is 5.75 Å². The van der Waals surface area contributed by atoms with Crippen molar-refractivity contribution in [3.8, 4) is 16.9 Å². The van der Waals surface area contributed by atoms with Gasteiger partial charge in [-0.25, -0.2) is 8.78 Å². The van der Waals surface area contributed by atoms with Crippen LogP contribution in [0.15, 0.2) is 60.7 Å². The Balaban J connectivity index is 0.00000272. The Kier molecular flexibility index (Phi) is 6.39. The fraction of sp³-hybridized carbons (Fsp3) is 0.240. The number of carbonyl (C=O) groups excluding carboxylic acids is 1. The van der Waals surface area contributed by atoms with E-state index < -0.39 is 5.92 Å². The van der Waals surface area contributed by atoms with Gasteiger partial charge in [0.15, 0.2) is 0 Å². The van der Waals surface area contributed by atoms with Gasteiger partial charge >= 0.3 is 0 Å². The molecule has 0 saturated heterocycles. The second kappa shape index (κ2) is 8.84. The third-order valence-electron chi connectivity index (χ3n) is 5.53. The van der Waals surface area contributed by atoms with Gasteiger partial charge in [0.1, 0.15) is 5.75 Å². The molecule has 0 atom stereocenters. The summed E-state index contributed by atoms with van der Waals surface area (Å²) in [5, 5.41) is 2.97. The van der Waals surface area contributed by atoms with E-state index in [-0.39, 0.29) is 16.2 Å². The molecule has 0 spiro atoms. The van der Waals surface area contributed by atoms with Crippen LogP contribution in [-0.2, 0) is 18.8 Å². The molecule has 3 aromatic carbocycles. The Morgan fingerprint density at radius 1 is 1.00 bits per heavy atom. The molecule has 1 N–H and O–H groups in total. The molecule has 0 aliphatic heterocycles. The number of rotatable bonds is 5. The highest BCUT2D eigenvalue weighted by Gasteiger charge is 2.25. The minimum absolute atomic E-state index is 0. The second-order valence-electron chi connectivity index (χ2n) is 7.64. The largest absolute Gasteiger partial charge is 0.496 e. The summed E-state index contributed by atoms with van der Waals surface area (Å²) in [6.45, 7) is 0.862. The van der Waals surface area contributed by atoms with Crippen molar-refractivity contribution in [2.75, 3.05) is 12.4 Å². The van der Waals surface area contributed by atoms with Crippen LogP contribution < -0.4 is 10.1 Å². The number of aryl methyl sites for hydroxylation is 2. The molecule has 1 aliphatic rings. The zero-order valence-corrected chi connectivity index (χ0v) is 17.4. The molecule has 31 heavy (non-hydrogen) atoms. The van der Waals surface area contributed by atoms with Crippen molar-refractivity contribution < 1.29 is 23.0 Å². The van der Waals surface area contributed by atoms with Crippen LogP contribution in [0.4, 0.5) is 19.2 Å². The van der Waals surface area contributed by atoms with Crippen molar-refractivity contribution in [3.05, 3.63) is 82.9 Å². The highest BCUT2D eigenvalue weighted by molar-refractivity contribution is 6.09. The second-order valence-corrected chi connectivity index (χ2v) is 7.64. The number of alkyl halides is 2. The summed E-state index contributed by atoms with van der Waals surface area (Å²) in [6, 6.07) is 17.2. The lowest BCUT2D eigenvalue weighted by Gasteiger charge is -2.16. The normalized spacial score (nSPS) is 12.6. The van der Waals surface area contributed by atoms with E-state index in [9.17, 15) is 13.6 Å². The molecule has 0 aromatic heterocycles. The number of fused-ring (bicyclic) bond motifs is 1. The minimum Gasteiger partial charge on any atom is -0.496 e.